The number of carbonyl (C=O) groups is 3. The standard InChI is InChI=1S/C27H27ClF3N3O6S/c1-40-27(37)33-8-2-3-22(33)26(36)34-16-5-6-17(34)13-18(12-16)41(38,39)23-9-14(4-7-19(23)28)25(35)32-15-10-20(29)24(31)21(30)11-15/h4,7,9-11,16-18,22H,2-3,5-6,8,12-13H2,1H3,(H,32,35)/t16-,17?,18?,22-/m0/s1. The number of methoxy groups -OCH3 is 1. The largest absolute Gasteiger partial charge is 0.453 e. The summed E-state index contributed by atoms with van der Waals surface area (Å²) in [7, 11) is -2.81. The molecule has 3 aliphatic heterocycles. The lowest BCUT2D eigenvalue weighted by Crippen LogP contribution is -2.55. The van der Waals surface area contributed by atoms with E-state index in [4.69, 9.17) is 16.3 Å². The quantitative estimate of drug-likeness (QED) is 0.496. The highest BCUT2D eigenvalue weighted by Gasteiger charge is 2.50. The molecule has 0 radical (unpaired) electrons. The van der Waals surface area contributed by atoms with Gasteiger partial charge in [-0.1, -0.05) is 11.6 Å². The molecule has 2 bridgehead atoms. The fourth-order valence-electron chi connectivity index (χ4n) is 6.14. The molecule has 3 heterocycles. The predicted molar refractivity (Wildman–Crippen MR) is 142 cm³/mol. The number of halogens is 4. The maximum Gasteiger partial charge on any atom is 0.410 e. The molecular formula is C27H27ClF3N3O6S. The van der Waals surface area contributed by atoms with Crippen LogP contribution in [0, 0.1) is 17.5 Å². The number of ether oxygens (including phenoxy) is 1. The average molecular weight is 614 g/mol. The van der Waals surface area contributed by atoms with Crippen LogP contribution in [-0.2, 0) is 19.4 Å². The van der Waals surface area contributed by atoms with E-state index in [1.54, 1.807) is 4.90 Å². The van der Waals surface area contributed by atoms with Crippen LogP contribution < -0.4 is 5.32 Å². The van der Waals surface area contributed by atoms with Crippen molar-refractivity contribution in [2.75, 3.05) is 19.0 Å². The molecule has 3 fully saturated rings. The Balaban J connectivity index is 1.34. The number of hydrogen-bond donors (Lipinski definition) is 1. The van der Waals surface area contributed by atoms with Gasteiger partial charge < -0.3 is 15.0 Å². The number of amides is 3. The summed E-state index contributed by atoms with van der Waals surface area (Å²) in [6.07, 6.45) is 2.17. The molecule has 0 aliphatic carbocycles. The maximum atomic E-state index is 13.8. The molecule has 2 aromatic rings. The van der Waals surface area contributed by atoms with E-state index in [0.29, 0.717) is 44.4 Å². The minimum atomic E-state index is -4.07. The summed E-state index contributed by atoms with van der Waals surface area (Å²) in [5, 5.41) is 1.24. The molecule has 3 aliphatic rings. The summed E-state index contributed by atoms with van der Waals surface area (Å²) in [6.45, 7) is 0.413. The van der Waals surface area contributed by atoms with E-state index >= 15 is 0 Å². The minimum Gasteiger partial charge on any atom is -0.453 e. The number of fused-ring (bicyclic) bond motifs is 2. The first-order valence-corrected chi connectivity index (χ1v) is 15.0. The van der Waals surface area contributed by atoms with E-state index < -0.39 is 50.6 Å². The molecule has 2 unspecified atom stereocenters. The van der Waals surface area contributed by atoms with Crippen molar-refractivity contribution in [2.45, 2.75) is 66.8 Å². The Bertz CT molecular complexity index is 1490. The molecule has 0 aromatic heterocycles. The van der Waals surface area contributed by atoms with Crippen molar-refractivity contribution in [1.82, 2.24) is 9.80 Å². The zero-order valence-electron chi connectivity index (χ0n) is 21.9. The van der Waals surface area contributed by atoms with Gasteiger partial charge in [0.05, 0.1) is 22.3 Å². The second-order valence-corrected chi connectivity index (χ2v) is 13.0. The van der Waals surface area contributed by atoms with Crippen LogP contribution in [0.4, 0.5) is 23.7 Å². The van der Waals surface area contributed by atoms with Crippen molar-refractivity contribution in [3.63, 3.8) is 0 Å². The molecule has 5 rings (SSSR count). The van der Waals surface area contributed by atoms with Gasteiger partial charge in [0.2, 0.25) is 5.91 Å². The van der Waals surface area contributed by atoms with E-state index in [9.17, 15) is 36.0 Å². The van der Waals surface area contributed by atoms with Crippen LogP contribution in [0.25, 0.3) is 0 Å². The summed E-state index contributed by atoms with van der Waals surface area (Å²) in [5.41, 5.74) is -0.495. The lowest BCUT2D eigenvalue weighted by Gasteiger charge is -2.41. The average Bonchev–Trinajstić information content (AvgIpc) is 3.53. The van der Waals surface area contributed by atoms with Gasteiger partial charge in [-0.15, -0.1) is 0 Å². The highest BCUT2D eigenvalue weighted by Crippen LogP contribution is 2.42. The molecule has 0 spiro atoms. The number of sulfone groups is 1. The molecule has 14 heteroatoms. The monoisotopic (exact) mass is 613 g/mol. The molecule has 2 aromatic carbocycles. The van der Waals surface area contributed by atoms with Crippen LogP contribution in [0.2, 0.25) is 5.02 Å². The Hall–Kier alpha value is -3.32. The Kier molecular flexibility index (Phi) is 7.94. The summed E-state index contributed by atoms with van der Waals surface area (Å²) >= 11 is 6.27. The van der Waals surface area contributed by atoms with Gasteiger partial charge in [0.25, 0.3) is 5.91 Å². The smallest absolute Gasteiger partial charge is 0.410 e. The summed E-state index contributed by atoms with van der Waals surface area (Å²) < 4.78 is 72.7. The van der Waals surface area contributed by atoms with Gasteiger partial charge >= 0.3 is 6.09 Å². The molecule has 1 N–H and O–H groups in total. The van der Waals surface area contributed by atoms with Crippen LogP contribution in [0.3, 0.4) is 0 Å². The number of nitrogens with zero attached hydrogens (tertiary/aromatic N) is 2. The Labute approximate surface area is 239 Å². The molecule has 3 saturated heterocycles. The van der Waals surface area contributed by atoms with Crippen LogP contribution in [0.1, 0.15) is 48.9 Å². The van der Waals surface area contributed by atoms with Gasteiger partial charge in [-0.05, 0) is 56.7 Å². The number of carbonyl (C=O) groups excluding carboxylic acids is 3. The first kappa shape index (κ1) is 29.2. The van der Waals surface area contributed by atoms with Gasteiger partial charge in [-0.25, -0.2) is 26.4 Å². The van der Waals surface area contributed by atoms with E-state index in [1.165, 1.54) is 24.1 Å². The third kappa shape index (κ3) is 5.36. The highest BCUT2D eigenvalue weighted by molar-refractivity contribution is 7.92. The third-order valence-electron chi connectivity index (χ3n) is 8.07. The third-order valence-corrected chi connectivity index (χ3v) is 10.7. The van der Waals surface area contributed by atoms with Gasteiger partial charge in [-0.2, -0.15) is 0 Å². The minimum absolute atomic E-state index is 0.106. The first-order valence-electron chi connectivity index (χ1n) is 13.1. The zero-order chi connectivity index (χ0) is 29.6. The topological polar surface area (TPSA) is 113 Å². The van der Waals surface area contributed by atoms with Gasteiger partial charge in [0.1, 0.15) is 6.04 Å². The van der Waals surface area contributed by atoms with Gasteiger partial charge in [0.15, 0.2) is 27.3 Å². The number of hydrogen-bond acceptors (Lipinski definition) is 6. The second-order valence-electron chi connectivity index (χ2n) is 10.4. The van der Waals surface area contributed by atoms with Crippen LogP contribution in [0.15, 0.2) is 35.2 Å². The van der Waals surface area contributed by atoms with Crippen LogP contribution in [0.5, 0.6) is 0 Å². The Morgan fingerprint density at radius 1 is 1.00 bits per heavy atom. The summed E-state index contributed by atoms with van der Waals surface area (Å²) in [4.78, 5) is 41.3. The molecule has 4 atom stereocenters. The molecule has 3 amide bonds. The van der Waals surface area contributed by atoms with Crippen molar-refractivity contribution >= 4 is 45.0 Å². The molecular weight excluding hydrogens is 587 g/mol. The number of nitrogens with one attached hydrogen (secondary N) is 1. The van der Waals surface area contributed by atoms with Crippen molar-refractivity contribution in [3.8, 4) is 0 Å². The SMILES string of the molecule is COC(=O)N1CCC[C@H]1C(=O)N1C2CC[C@H]1CC(S(=O)(=O)c1cc(C(=O)Nc3cc(F)c(F)c(F)c3)ccc1Cl)C2. The zero-order valence-corrected chi connectivity index (χ0v) is 23.5. The predicted octanol–water partition coefficient (Wildman–Crippen LogP) is 4.54. The molecule has 9 nitrogen and oxygen atoms in total. The first-order chi connectivity index (χ1) is 19.4. The Morgan fingerprint density at radius 3 is 2.24 bits per heavy atom. The van der Waals surface area contributed by atoms with Crippen molar-refractivity contribution in [3.05, 3.63) is 58.4 Å². The van der Waals surface area contributed by atoms with E-state index in [2.05, 4.69) is 5.32 Å². The fraction of sp³-hybridized carbons (Fsp3) is 0.444. The number of benzene rings is 2. The number of likely N-dealkylation sites (tertiary alicyclic amines) is 1. The summed E-state index contributed by atoms with van der Waals surface area (Å²) in [5.74, 6) is -5.76. The second kappa shape index (κ2) is 11.2. The van der Waals surface area contributed by atoms with E-state index in [0.717, 1.165) is 6.07 Å². The van der Waals surface area contributed by atoms with Crippen LogP contribution >= 0.6 is 11.6 Å². The van der Waals surface area contributed by atoms with Gasteiger partial charge in [-0.3, -0.25) is 14.5 Å². The highest BCUT2D eigenvalue weighted by atomic mass is 35.5. The fourth-order valence-corrected chi connectivity index (χ4v) is 8.53. The number of piperidine rings is 1. The number of rotatable bonds is 5. The van der Waals surface area contributed by atoms with Crippen LogP contribution in [-0.4, -0.2) is 73.2 Å². The van der Waals surface area contributed by atoms with Crippen molar-refractivity contribution in [1.29, 1.82) is 0 Å². The molecule has 41 heavy (non-hydrogen) atoms. The van der Waals surface area contributed by atoms with Gasteiger partial charge in [0, 0.05) is 42.0 Å². The van der Waals surface area contributed by atoms with E-state index in [-0.39, 0.29) is 52.0 Å². The maximum absolute atomic E-state index is 13.8. The molecule has 220 valence electrons. The summed E-state index contributed by atoms with van der Waals surface area (Å²) in [6, 6.07) is 3.47. The van der Waals surface area contributed by atoms with Crippen molar-refractivity contribution < 1.29 is 40.7 Å². The molecule has 0 saturated carbocycles. The van der Waals surface area contributed by atoms with E-state index in [1.807, 2.05) is 0 Å². The lowest BCUT2D eigenvalue weighted by atomic mass is 10.0. The number of anilines is 1. The lowest BCUT2D eigenvalue weighted by molar-refractivity contribution is -0.139. The Morgan fingerprint density at radius 2 is 1.63 bits per heavy atom. The van der Waals surface area contributed by atoms with Crippen molar-refractivity contribution in [2.24, 2.45) is 0 Å². The normalized spacial score (nSPS) is 23.9.